The Morgan fingerprint density at radius 1 is 1.42 bits per heavy atom. The van der Waals surface area contributed by atoms with E-state index in [2.05, 4.69) is 19.2 Å². The summed E-state index contributed by atoms with van der Waals surface area (Å²) in [5.41, 5.74) is 8.11. The summed E-state index contributed by atoms with van der Waals surface area (Å²) in [5.74, 6) is 0.505. The Balaban J connectivity index is 2.27. The molecule has 0 atom stereocenters. The third-order valence-electron chi connectivity index (χ3n) is 2.78. The molecule has 3 N–H and O–H groups in total. The lowest BCUT2D eigenvalue weighted by Gasteiger charge is -2.09. The van der Waals surface area contributed by atoms with Gasteiger partial charge in [0.1, 0.15) is 6.61 Å². The molecule has 0 aromatic heterocycles. The van der Waals surface area contributed by atoms with Crippen molar-refractivity contribution in [2.75, 3.05) is 24.3 Å². The quantitative estimate of drug-likeness (QED) is 0.588. The molecule has 0 aliphatic heterocycles. The number of nitrogen functional groups attached to an aromatic ring is 1. The lowest BCUT2D eigenvalue weighted by Crippen LogP contribution is -2.19. The molecule has 0 fully saturated rings. The number of carbonyl (C=O) groups is 1. The summed E-state index contributed by atoms with van der Waals surface area (Å²) < 4.78 is 5.33. The van der Waals surface area contributed by atoms with Gasteiger partial charge in [0.15, 0.2) is 0 Å². The van der Waals surface area contributed by atoms with Gasteiger partial charge in [-0.15, -0.1) is 0 Å². The van der Waals surface area contributed by atoms with Gasteiger partial charge in [-0.1, -0.05) is 19.9 Å². The van der Waals surface area contributed by atoms with Crippen LogP contribution in [0.1, 0.15) is 32.3 Å². The predicted molar refractivity (Wildman–Crippen MR) is 79.1 cm³/mol. The van der Waals surface area contributed by atoms with Crippen LogP contribution in [0, 0.1) is 12.8 Å². The zero-order chi connectivity index (χ0) is 14.3. The molecule has 1 amide bonds. The second-order valence-electron chi connectivity index (χ2n) is 5.23. The second-order valence-corrected chi connectivity index (χ2v) is 5.23. The molecule has 19 heavy (non-hydrogen) atoms. The number of benzene rings is 1. The molecular weight excluding hydrogens is 240 g/mol. The lowest BCUT2D eigenvalue weighted by molar-refractivity contribution is -0.120. The Hall–Kier alpha value is -1.55. The van der Waals surface area contributed by atoms with Crippen molar-refractivity contribution in [1.82, 2.24) is 0 Å². The van der Waals surface area contributed by atoms with Gasteiger partial charge in [-0.2, -0.15) is 0 Å². The van der Waals surface area contributed by atoms with Crippen molar-refractivity contribution >= 4 is 17.3 Å². The van der Waals surface area contributed by atoms with Crippen LogP contribution in [0.5, 0.6) is 0 Å². The molecule has 4 heteroatoms. The van der Waals surface area contributed by atoms with Crippen LogP contribution in [0.2, 0.25) is 0 Å². The van der Waals surface area contributed by atoms with Gasteiger partial charge >= 0.3 is 0 Å². The fourth-order valence-electron chi connectivity index (χ4n) is 1.74. The van der Waals surface area contributed by atoms with Gasteiger partial charge in [-0.25, -0.2) is 0 Å². The number of rotatable bonds is 7. The van der Waals surface area contributed by atoms with Gasteiger partial charge < -0.3 is 15.8 Å². The van der Waals surface area contributed by atoms with Gasteiger partial charge in [-0.3, -0.25) is 4.79 Å². The number of aryl methyl sites for hydroxylation is 1. The Bertz CT molecular complexity index is 417. The summed E-state index contributed by atoms with van der Waals surface area (Å²) in [6.45, 7) is 7.00. The predicted octanol–water partition coefficient (Wildman–Crippen LogP) is 2.97. The smallest absolute Gasteiger partial charge is 0.250 e. The Morgan fingerprint density at radius 3 is 2.79 bits per heavy atom. The van der Waals surface area contributed by atoms with Crippen molar-refractivity contribution in [3.63, 3.8) is 0 Å². The molecule has 0 aliphatic rings. The highest BCUT2D eigenvalue weighted by Gasteiger charge is 2.05. The average Bonchev–Trinajstić information content (AvgIpc) is 2.32. The first-order valence-electron chi connectivity index (χ1n) is 6.72. The second kappa shape index (κ2) is 7.79. The van der Waals surface area contributed by atoms with E-state index in [4.69, 9.17) is 10.5 Å². The number of hydrogen-bond donors (Lipinski definition) is 2. The average molecular weight is 264 g/mol. The lowest BCUT2D eigenvalue weighted by atomic mass is 10.1. The molecular formula is C15H24N2O2. The fourth-order valence-corrected chi connectivity index (χ4v) is 1.74. The van der Waals surface area contributed by atoms with Gasteiger partial charge in [-0.05, 0) is 43.4 Å². The minimum atomic E-state index is -0.167. The fraction of sp³-hybridized carbons (Fsp3) is 0.533. The number of nitrogens with two attached hydrogens (primary N) is 1. The van der Waals surface area contributed by atoms with Gasteiger partial charge in [0.2, 0.25) is 5.91 Å². The number of carbonyl (C=O) groups excluding carboxylic acids is 1. The van der Waals surface area contributed by atoms with Gasteiger partial charge in [0.25, 0.3) is 0 Å². The Labute approximate surface area is 115 Å². The highest BCUT2D eigenvalue weighted by atomic mass is 16.5. The number of hydrogen-bond acceptors (Lipinski definition) is 3. The third-order valence-corrected chi connectivity index (χ3v) is 2.78. The molecule has 0 aliphatic carbocycles. The topological polar surface area (TPSA) is 64.3 Å². The number of anilines is 2. The van der Waals surface area contributed by atoms with Crippen molar-refractivity contribution in [3.8, 4) is 0 Å². The van der Waals surface area contributed by atoms with Crippen LogP contribution in [0.25, 0.3) is 0 Å². The number of nitrogens with one attached hydrogen (secondary N) is 1. The van der Waals surface area contributed by atoms with E-state index in [9.17, 15) is 4.79 Å². The van der Waals surface area contributed by atoms with Gasteiger partial charge in [0.05, 0.1) is 11.4 Å². The molecule has 4 nitrogen and oxygen atoms in total. The van der Waals surface area contributed by atoms with Crippen molar-refractivity contribution in [2.24, 2.45) is 5.92 Å². The van der Waals surface area contributed by atoms with Crippen LogP contribution in [0.3, 0.4) is 0 Å². The minimum Gasteiger partial charge on any atom is -0.397 e. The summed E-state index contributed by atoms with van der Waals surface area (Å²) in [4.78, 5) is 11.7. The first-order valence-corrected chi connectivity index (χ1v) is 6.72. The molecule has 0 heterocycles. The summed E-state index contributed by atoms with van der Waals surface area (Å²) >= 11 is 0. The van der Waals surface area contributed by atoms with Crippen LogP contribution < -0.4 is 11.1 Å². The molecule has 0 bridgehead atoms. The summed E-state index contributed by atoms with van der Waals surface area (Å²) in [6, 6.07) is 5.55. The normalized spacial score (nSPS) is 10.7. The zero-order valence-electron chi connectivity index (χ0n) is 12.0. The highest BCUT2D eigenvalue weighted by molar-refractivity contribution is 5.94. The maximum atomic E-state index is 11.7. The molecule has 0 saturated carbocycles. The summed E-state index contributed by atoms with van der Waals surface area (Å²) in [5, 5.41) is 2.75. The largest absolute Gasteiger partial charge is 0.397 e. The molecule has 0 radical (unpaired) electrons. The molecule has 0 spiro atoms. The summed E-state index contributed by atoms with van der Waals surface area (Å²) in [7, 11) is 0. The van der Waals surface area contributed by atoms with E-state index >= 15 is 0 Å². The highest BCUT2D eigenvalue weighted by Crippen LogP contribution is 2.19. The SMILES string of the molecule is Cc1ccc(NC(=O)COCCCC(C)C)c(N)c1. The molecule has 106 valence electrons. The van der Waals surface area contributed by atoms with Crippen LogP contribution in [0.4, 0.5) is 11.4 Å². The zero-order valence-corrected chi connectivity index (χ0v) is 12.0. The molecule has 0 unspecified atom stereocenters. The Kier molecular flexibility index (Phi) is 6.36. The number of amides is 1. The molecule has 1 aromatic carbocycles. The first-order chi connectivity index (χ1) is 8.99. The standard InChI is InChI=1S/C15H24N2O2/c1-11(2)5-4-8-19-10-15(18)17-14-7-6-12(3)9-13(14)16/h6-7,9,11H,4-5,8,10,16H2,1-3H3,(H,17,18). The monoisotopic (exact) mass is 264 g/mol. The molecule has 1 aromatic rings. The van der Waals surface area contributed by atoms with Crippen LogP contribution in [-0.2, 0) is 9.53 Å². The van der Waals surface area contributed by atoms with E-state index in [0.29, 0.717) is 23.9 Å². The summed E-state index contributed by atoms with van der Waals surface area (Å²) in [6.07, 6.45) is 2.10. The maximum Gasteiger partial charge on any atom is 0.250 e. The van der Waals surface area contributed by atoms with Crippen molar-refractivity contribution in [3.05, 3.63) is 23.8 Å². The van der Waals surface area contributed by atoms with E-state index in [1.807, 2.05) is 19.1 Å². The van der Waals surface area contributed by atoms with Crippen molar-refractivity contribution < 1.29 is 9.53 Å². The van der Waals surface area contributed by atoms with Crippen LogP contribution >= 0.6 is 0 Å². The molecule has 0 saturated heterocycles. The van der Waals surface area contributed by atoms with Gasteiger partial charge in [0, 0.05) is 6.61 Å². The van der Waals surface area contributed by atoms with E-state index in [1.54, 1.807) is 6.07 Å². The van der Waals surface area contributed by atoms with E-state index in [-0.39, 0.29) is 12.5 Å². The first kappa shape index (κ1) is 15.5. The van der Waals surface area contributed by atoms with Crippen molar-refractivity contribution in [1.29, 1.82) is 0 Å². The van der Waals surface area contributed by atoms with E-state index < -0.39 is 0 Å². The van der Waals surface area contributed by atoms with Crippen molar-refractivity contribution in [2.45, 2.75) is 33.6 Å². The Morgan fingerprint density at radius 2 is 2.16 bits per heavy atom. The van der Waals surface area contributed by atoms with Crippen LogP contribution in [-0.4, -0.2) is 19.1 Å². The van der Waals surface area contributed by atoms with E-state index in [1.165, 1.54) is 0 Å². The maximum absolute atomic E-state index is 11.7. The third kappa shape index (κ3) is 6.25. The minimum absolute atomic E-state index is 0.0748. The molecule has 1 rings (SSSR count). The van der Waals surface area contributed by atoms with Crippen LogP contribution in [0.15, 0.2) is 18.2 Å². The number of ether oxygens (including phenoxy) is 1. The van der Waals surface area contributed by atoms with E-state index in [0.717, 1.165) is 18.4 Å².